The summed E-state index contributed by atoms with van der Waals surface area (Å²) in [5.74, 6) is -1.93. The second kappa shape index (κ2) is 5.53. The van der Waals surface area contributed by atoms with Gasteiger partial charge >= 0.3 is 11.9 Å². The Morgan fingerprint density at radius 1 is 1.23 bits per heavy atom. The molecule has 0 radical (unpaired) electrons. The SMILES string of the molecule is CCN(C)C(CC(=O)O)CC(=O)O. The molecule has 0 atom stereocenters. The molecule has 2 N–H and O–H groups in total. The highest BCUT2D eigenvalue weighted by Gasteiger charge is 2.19. The first-order valence-corrected chi connectivity index (χ1v) is 4.11. The number of carbonyl (C=O) groups is 2. The van der Waals surface area contributed by atoms with E-state index in [1.165, 1.54) is 0 Å². The minimum atomic E-state index is -0.966. The summed E-state index contributed by atoms with van der Waals surface area (Å²) < 4.78 is 0. The predicted octanol–water partition coefficient (Wildman–Crippen LogP) is 0.256. The van der Waals surface area contributed by atoms with E-state index in [2.05, 4.69) is 0 Å². The van der Waals surface area contributed by atoms with Crippen molar-refractivity contribution < 1.29 is 19.8 Å². The maximum Gasteiger partial charge on any atom is 0.304 e. The van der Waals surface area contributed by atoms with E-state index in [1.54, 1.807) is 11.9 Å². The summed E-state index contributed by atoms with van der Waals surface area (Å²) in [7, 11) is 1.72. The molecule has 13 heavy (non-hydrogen) atoms. The van der Waals surface area contributed by atoms with E-state index in [9.17, 15) is 9.59 Å². The molecule has 0 aliphatic rings. The molecule has 0 aromatic heterocycles. The molecule has 0 aliphatic carbocycles. The van der Waals surface area contributed by atoms with Crippen LogP contribution in [0.2, 0.25) is 0 Å². The van der Waals surface area contributed by atoms with Crippen LogP contribution in [-0.4, -0.2) is 46.7 Å². The first kappa shape index (κ1) is 11.9. The van der Waals surface area contributed by atoms with Crippen molar-refractivity contribution in [3.63, 3.8) is 0 Å². The van der Waals surface area contributed by atoms with Gasteiger partial charge in [-0.1, -0.05) is 6.92 Å². The lowest BCUT2D eigenvalue weighted by molar-refractivity contribution is -0.140. The molecule has 0 heterocycles. The van der Waals surface area contributed by atoms with E-state index in [0.717, 1.165) is 0 Å². The molecule has 0 spiro atoms. The maximum absolute atomic E-state index is 10.4. The van der Waals surface area contributed by atoms with Crippen LogP contribution in [-0.2, 0) is 9.59 Å². The molecule has 0 aromatic rings. The van der Waals surface area contributed by atoms with Crippen LogP contribution in [0.5, 0.6) is 0 Å². The molecule has 0 unspecified atom stereocenters. The average molecular weight is 189 g/mol. The van der Waals surface area contributed by atoms with Gasteiger partial charge in [0.1, 0.15) is 0 Å². The Labute approximate surface area is 77.0 Å². The topological polar surface area (TPSA) is 77.8 Å². The number of carboxylic acid groups (broad SMARTS) is 2. The van der Waals surface area contributed by atoms with Crippen molar-refractivity contribution in [1.82, 2.24) is 4.90 Å². The molecule has 5 nitrogen and oxygen atoms in total. The number of carboxylic acids is 2. The highest BCUT2D eigenvalue weighted by Crippen LogP contribution is 2.06. The fraction of sp³-hybridized carbons (Fsp3) is 0.750. The van der Waals surface area contributed by atoms with E-state index < -0.39 is 18.0 Å². The zero-order valence-electron chi connectivity index (χ0n) is 7.86. The highest BCUT2D eigenvalue weighted by molar-refractivity contribution is 5.71. The molecule has 0 aromatic carbocycles. The van der Waals surface area contributed by atoms with Crippen LogP contribution in [0.15, 0.2) is 0 Å². The Hall–Kier alpha value is -1.10. The van der Waals surface area contributed by atoms with Gasteiger partial charge in [0, 0.05) is 6.04 Å². The van der Waals surface area contributed by atoms with E-state index in [-0.39, 0.29) is 12.8 Å². The number of hydrogen-bond donors (Lipinski definition) is 2. The van der Waals surface area contributed by atoms with Crippen molar-refractivity contribution in [1.29, 1.82) is 0 Å². The molecule has 0 fully saturated rings. The lowest BCUT2D eigenvalue weighted by Gasteiger charge is -2.23. The van der Waals surface area contributed by atoms with Gasteiger partial charge in [0.25, 0.3) is 0 Å². The summed E-state index contributed by atoms with van der Waals surface area (Å²) in [6.07, 6.45) is -0.257. The van der Waals surface area contributed by atoms with E-state index in [0.29, 0.717) is 6.54 Å². The second-order valence-electron chi connectivity index (χ2n) is 2.92. The van der Waals surface area contributed by atoms with Gasteiger partial charge in [-0.3, -0.25) is 9.59 Å². The third-order valence-electron chi connectivity index (χ3n) is 1.94. The van der Waals surface area contributed by atoms with Gasteiger partial charge in [0.15, 0.2) is 0 Å². The van der Waals surface area contributed by atoms with Crippen LogP contribution in [0.25, 0.3) is 0 Å². The summed E-state index contributed by atoms with van der Waals surface area (Å²) in [6.45, 7) is 2.50. The van der Waals surface area contributed by atoms with Crippen molar-refractivity contribution in [3.05, 3.63) is 0 Å². The molecule has 0 saturated carbocycles. The Bertz CT molecular complexity index is 177. The first-order chi connectivity index (χ1) is 5.97. The average Bonchev–Trinajstić information content (AvgIpc) is 2.00. The van der Waals surface area contributed by atoms with Gasteiger partial charge in [0.05, 0.1) is 12.8 Å². The van der Waals surface area contributed by atoms with Gasteiger partial charge in [-0.15, -0.1) is 0 Å². The molecule has 0 rings (SSSR count). The van der Waals surface area contributed by atoms with Crippen LogP contribution in [0.1, 0.15) is 19.8 Å². The fourth-order valence-corrected chi connectivity index (χ4v) is 1.05. The van der Waals surface area contributed by atoms with Gasteiger partial charge in [-0.2, -0.15) is 0 Å². The number of aliphatic carboxylic acids is 2. The summed E-state index contributed by atoms with van der Waals surface area (Å²) >= 11 is 0. The predicted molar refractivity (Wildman–Crippen MR) is 46.6 cm³/mol. The molecule has 0 saturated heterocycles. The zero-order valence-corrected chi connectivity index (χ0v) is 7.86. The smallest absolute Gasteiger partial charge is 0.304 e. The van der Waals surface area contributed by atoms with Gasteiger partial charge in [0.2, 0.25) is 0 Å². The number of rotatable bonds is 6. The maximum atomic E-state index is 10.4. The largest absolute Gasteiger partial charge is 0.481 e. The zero-order chi connectivity index (χ0) is 10.4. The molecule has 0 aliphatic heterocycles. The van der Waals surface area contributed by atoms with E-state index in [1.807, 2.05) is 6.92 Å². The Kier molecular flexibility index (Phi) is 5.06. The fourth-order valence-electron chi connectivity index (χ4n) is 1.05. The van der Waals surface area contributed by atoms with E-state index in [4.69, 9.17) is 10.2 Å². The molecule has 76 valence electrons. The molecule has 0 bridgehead atoms. The Morgan fingerprint density at radius 2 is 1.62 bits per heavy atom. The summed E-state index contributed by atoms with van der Waals surface area (Å²) in [4.78, 5) is 22.5. The second-order valence-corrected chi connectivity index (χ2v) is 2.92. The van der Waals surface area contributed by atoms with Crippen LogP contribution in [0.3, 0.4) is 0 Å². The van der Waals surface area contributed by atoms with Crippen molar-refractivity contribution >= 4 is 11.9 Å². The minimum absolute atomic E-state index is 0.128. The monoisotopic (exact) mass is 189 g/mol. The van der Waals surface area contributed by atoms with Gasteiger partial charge in [-0.25, -0.2) is 0 Å². The van der Waals surface area contributed by atoms with Crippen LogP contribution < -0.4 is 0 Å². The molecular weight excluding hydrogens is 174 g/mol. The molecule has 5 heteroatoms. The lowest BCUT2D eigenvalue weighted by Crippen LogP contribution is -2.35. The summed E-state index contributed by atoms with van der Waals surface area (Å²) in [5.41, 5.74) is 0. The number of nitrogens with zero attached hydrogens (tertiary/aromatic N) is 1. The molecule has 0 amide bonds. The van der Waals surface area contributed by atoms with Crippen molar-refractivity contribution in [2.24, 2.45) is 0 Å². The minimum Gasteiger partial charge on any atom is -0.481 e. The number of hydrogen-bond acceptors (Lipinski definition) is 3. The van der Waals surface area contributed by atoms with Crippen LogP contribution >= 0.6 is 0 Å². The van der Waals surface area contributed by atoms with Gasteiger partial charge < -0.3 is 15.1 Å². The quantitative estimate of drug-likeness (QED) is 0.626. The third-order valence-corrected chi connectivity index (χ3v) is 1.94. The third kappa shape index (κ3) is 5.19. The van der Waals surface area contributed by atoms with Crippen molar-refractivity contribution in [2.45, 2.75) is 25.8 Å². The Balaban J connectivity index is 4.17. The standard InChI is InChI=1S/C8H15NO4/c1-3-9(2)6(4-7(10)11)5-8(12)13/h6H,3-5H2,1-2H3,(H,10,11)(H,12,13). The van der Waals surface area contributed by atoms with Crippen LogP contribution in [0.4, 0.5) is 0 Å². The first-order valence-electron chi connectivity index (χ1n) is 4.11. The summed E-state index contributed by atoms with van der Waals surface area (Å²) in [6, 6.07) is -0.417. The normalized spacial score (nSPS) is 10.8. The van der Waals surface area contributed by atoms with Crippen molar-refractivity contribution in [3.8, 4) is 0 Å². The Morgan fingerprint density at radius 3 is 1.85 bits per heavy atom. The van der Waals surface area contributed by atoms with Crippen LogP contribution in [0, 0.1) is 0 Å². The van der Waals surface area contributed by atoms with Crippen molar-refractivity contribution in [2.75, 3.05) is 13.6 Å². The van der Waals surface area contributed by atoms with Gasteiger partial charge in [-0.05, 0) is 13.6 Å². The van der Waals surface area contributed by atoms with E-state index >= 15 is 0 Å². The molecular formula is C8H15NO4. The lowest BCUT2D eigenvalue weighted by atomic mass is 10.1. The summed E-state index contributed by atoms with van der Waals surface area (Å²) in [5, 5.41) is 17.0. The highest BCUT2D eigenvalue weighted by atomic mass is 16.4.